The molecule has 0 aromatic carbocycles. The molecule has 1 aliphatic heterocycles. The zero-order valence-corrected chi connectivity index (χ0v) is 17.2. The van der Waals surface area contributed by atoms with Crippen LogP contribution in [0.25, 0.3) is 0 Å². The lowest BCUT2D eigenvalue weighted by Gasteiger charge is -2.36. The van der Waals surface area contributed by atoms with Crippen LogP contribution in [0.1, 0.15) is 62.8 Å². The summed E-state index contributed by atoms with van der Waals surface area (Å²) in [4.78, 5) is 28.3. The number of piperidine rings is 1. The standard InChI is InChI=1S/C21H33N3O2S/c1-16-9-11-24(12-10-16)18(19-8-5-13-27-19)14-22-20(25)15-23-21(26)17-6-3-2-4-7-17/h5,8,13,16-18H,2-4,6-7,9-12,14-15H2,1H3,(H,22,25)(H,23,26). The SMILES string of the molecule is CC1CCN(C(CNC(=O)CNC(=O)C2CCCCC2)c2cccs2)CC1. The quantitative estimate of drug-likeness (QED) is 0.749. The highest BCUT2D eigenvalue weighted by molar-refractivity contribution is 7.10. The van der Waals surface area contributed by atoms with Crippen molar-refractivity contribution in [1.29, 1.82) is 0 Å². The Kier molecular flexibility index (Phi) is 7.70. The third-order valence-electron chi connectivity index (χ3n) is 6.02. The van der Waals surface area contributed by atoms with Crippen molar-refractivity contribution in [2.75, 3.05) is 26.2 Å². The summed E-state index contributed by atoms with van der Waals surface area (Å²) >= 11 is 1.75. The second kappa shape index (κ2) is 10.2. The smallest absolute Gasteiger partial charge is 0.239 e. The molecule has 3 rings (SSSR count). The Hall–Kier alpha value is -1.40. The van der Waals surface area contributed by atoms with E-state index in [0.29, 0.717) is 6.54 Å². The van der Waals surface area contributed by atoms with Crippen molar-refractivity contribution in [3.05, 3.63) is 22.4 Å². The van der Waals surface area contributed by atoms with E-state index in [1.165, 1.54) is 24.1 Å². The lowest BCUT2D eigenvalue weighted by molar-refractivity contribution is -0.129. The molecule has 6 heteroatoms. The molecule has 1 saturated heterocycles. The second-order valence-corrected chi connectivity index (χ2v) is 9.09. The molecule has 27 heavy (non-hydrogen) atoms. The highest BCUT2D eigenvalue weighted by Crippen LogP contribution is 2.29. The van der Waals surface area contributed by atoms with Crippen molar-refractivity contribution < 1.29 is 9.59 Å². The number of nitrogens with one attached hydrogen (secondary N) is 2. The van der Waals surface area contributed by atoms with Crippen molar-refractivity contribution in [2.24, 2.45) is 11.8 Å². The third kappa shape index (κ3) is 6.04. The summed E-state index contributed by atoms with van der Waals surface area (Å²) in [7, 11) is 0. The summed E-state index contributed by atoms with van der Waals surface area (Å²) in [6.45, 7) is 5.17. The van der Waals surface area contributed by atoms with E-state index in [1.807, 2.05) is 0 Å². The minimum atomic E-state index is -0.0916. The second-order valence-electron chi connectivity index (χ2n) is 8.11. The van der Waals surface area contributed by atoms with E-state index in [-0.39, 0.29) is 30.3 Å². The van der Waals surface area contributed by atoms with Crippen LogP contribution in [0.3, 0.4) is 0 Å². The van der Waals surface area contributed by atoms with Crippen LogP contribution < -0.4 is 10.6 Å². The first-order chi connectivity index (χ1) is 13.1. The number of rotatable bonds is 7. The third-order valence-corrected chi connectivity index (χ3v) is 7.00. The number of thiophene rings is 1. The number of amides is 2. The van der Waals surface area contributed by atoms with Crippen molar-refractivity contribution in [3.8, 4) is 0 Å². The van der Waals surface area contributed by atoms with Gasteiger partial charge in [0.05, 0.1) is 12.6 Å². The number of carbonyl (C=O) groups is 2. The molecule has 5 nitrogen and oxygen atoms in total. The molecule has 2 aliphatic rings. The number of nitrogens with zero attached hydrogens (tertiary/aromatic N) is 1. The fraction of sp³-hybridized carbons (Fsp3) is 0.714. The Morgan fingerprint density at radius 1 is 1.15 bits per heavy atom. The van der Waals surface area contributed by atoms with Gasteiger partial charge in [0.1, 0.15) is 0 Å². The van der Waals surface area contributed by atoms with E-state index in [9.17, 15) is 9.59 Å². The Morgan fingerprint density at radius 3 is 2.56 bits per heavy atom. The molecule has 1 atom stereocenters. The number of hydrogen-bond donors (Lipinski definition) is 2. The minimum absolute atomic E-state index is 0.0460. The van der Waals surface area contributed by atoms with Gasteiger partial charge in [-0.3, -0.25) is 14.5 Å². The molecule has 150 valence electrons. The van der Waals surface area contributed by atoms with Gasteiger partial charge >= 0.3 is 0 Å². The Morgan fingerprint density at radius 2 is 1.89 bits per heavy atom. The maximum absolute atomic E-state index is 12.3. The molecule has 1 aliphatic carbocycles. The average molecular weight is 392 g/mol. The average Bonchev–Trinajstić information content (AvgIpc) is 3.23. The van der Waals surface area contributed by atoms with E-state index in [4.69, 9.17) is 0 Å². The normalized spacial score (nSPS) is 20.9. The Balaban J connectivity index is 1.46. The monoisotopic (exact) mass is 391 g/mol. The molecule has 1 saturated carbocycles. The van der Waals surface area contributed by atoms with Gasteiger partial charge in [-0.05, 0) is 56.1 Å². The van der Waals surface area contributed by atoms with Crippen LogP contribution in [0.15, 0.2) is 17.5 Å². The zero-order chi connectivity index (χ0) is 19.1. The van der Waals surface area contributed by atoms with Crippen LogP contribution in [-0.4, -0.2) is 42.9 Å². The van der Waals surface area contributed by atoms with Gasteiger partial charge in [-0.1, -0.05) is 32.3 Å². The van der Waals surface area contributed by atoms with Crippen LogP contribution in [0, 0.1) is 11.8 Å². The predicted octanol–water partition coefficient (Wildman–Crippen LogP) is 3.33. The molecule has 0 radical (unpaired) electrons. The van der Waals surface area contributed by atoms with Gasteiger partial charge in [-0.2, -0.15) is 0 Å². The van der Waals surface area contributed by atoms with Gasteiger partial charge in [-0.15, -0.1) is 11.3 Å². The largest absolute Gasteiger partial charge is 0.353 e. The van der Waals surface area contributed by atoms with Gasteiger partial charge < -0.3 is 10.6 Å². The molecule has 1 unspecified atom stereocenters. The molecule has 1 aromatic heterocycles. The van der Waals surface area contributed by atoms with Crippen molar-refractivity contribution >= 4 is 23.2 Å². The number of hydrogen-bond acceptors (Lipinski definition) is 4. The summed E-state index contributed by atoms with van der Waals surface area (Å²) in [5.41, 5.74) is 0. The van der Waals surface area contributed by atoms with E-state index in [1.54, 1.807) is 11.3 Å². The highest BCUT2D eigenvalue weighted by Gasteiger charge is 2.26. The first kappa shape index (κ1) is 20.3. The molecule has 2 amide bonds. The van der Waals surface area contributed by atoms with Gasteiger partial charge in [0.15, 0.2) is 0 Å². The first-order valence-corrected chi connectivity index (χ1v) is 11.3. The lowest BCUT2D eigenvalue weighted by Crippen LogP contribution is -2.44. The molecule has 0 spiro atoms. The Bertz CT molecular complexity index is 591. The maximum atomic E-state index is 12.3. The Labute approximate surface area is 166 Å². The maximum Gasteiger partial charge on any atom is 0.239 e. The highest BCUT2D eigenvalue weighted by atomic mass is 32.1. The molecular weight excluding hydrogens is 358 g/mol. The summed E-state index contributed by atoms with van der Waals surface area (Å²) < 4.78 is 0. The van der Waals surface area contributed by atoms with Gasteiger partial charge in [0.25, 0.3) is 0 Å². The van der Waals surface area contributed by atoms with Crippen LogP contribution in [0.2, 0.25) is 0 Å². The fourth-order valence-electron chi connectivity index (χ4n) is 4.18. The molecular formula is C21H33N3O2S. The molecule has 2 N–H and O–H groups in total. The summed E-state index contributed by atoms with van der Waals surface area (Å²) in [6, 6.07) is 4.46. The van der Waals surface area contributed by atoms with Crippen LogP contribution in [0.5, 0.6) is 0 Å². The minimum Gasteiger partial charge on any atom is -0.353 e. The van der Waals surface area contributed by atoms with Crippen molar-refractivity contribution in [3.63, 3.8) is 0 Å². The van der Waals surface area contributed by atoms with Gasteiger partial charge in [-0.25, -0.2) is 0 Å². The summed E-state index contributed by atoms with van der Waals surface area (Å²) in [6.07, 6.45) is 7.83. The van der Waals surface area contributed by atoms with E-state index in [2.05, 4.69) is 40.0 Å². The van der Waals surface area contributed by atoms with Crippen LogP contribution in [0.4, 0.5) is 0 Å². The van der Waals surface area contributed by atoms with E-state index < -0.39 is 0 Å². The number of likely N-dealkylation sites (tertiary alicyclic amines) is 1. The van der Waals surface area contributed by atoms with Crippen LogP contribution >= 0.6 is 11.3 Å². The fourth-order valence-corrected chi connectivity index (χ4v) is 5.04. The molecule has 2 fully saturated rings. The van der Waals surface area contributed by atoms with E-state index >= 15 is 0 Å². The van der Waals surface area contributed by atoms with Crippen LogP contribution in [-0.2, 0) is 9.59 Å². The number of carbonyl (C=O) groups excluding carboxylic acids is 2. The summed E-state index contributed by atoms with van der Waals surface area (Å²) in [5.74, 6) is 0.839. The van der Waals surface area contributed by atoms with Gasteiger partial charge in [0, 0.05) is 17.3 Å². The first-order valence-electron chi connectivity index (χ1n) is 10.5. The predicted molar refractivity (Wildman–Crippen MR) is 110 cm³/mol. The molecule has 0 bridgehead atoms. The van der Waals surface area contributed by atoms with Crippen molar-refractivity contribution in [1.82, 2.24) is 15.5 Å². The van der Waals surface area contributed by atoms with Gasteiger partial charge in [0.2, 0.25) is 11.8 Å². The topological polar surface area (TPSA) is 61.4 Å². The summed E-state index contributed by atoms with van der Waals surface area (Å²) in [5, 5.41) is 7.98. The van der Waals surface area contributed by atoms with Crippen molar-refractivity contribution in [2.45, 2.75) is 57.9 Å². The zero-order valence-electron chi connectivity index (χ0n) is 16.4. The molecule has 2 heterocycles. The lowest BCUT2D eigenvalue weighted by atomic mass is 9.89. The molecule has 1 aromatic rings. The van der Waals surface area contributed by atoms with E-state index in [0.717, 1.165) is 44.7 Å².